The number of allylic oxidation sites excluding steroid dienone is 1. The minimum atomic E-state index is -2.38. The molecule has 3 aliphatic heterocycles. The average molecular weight is 949 g/mol. The van der Waals surface area contributed by atoms with Gasteiger partial charge in [0.1, 0.15) is 6.10 Å². The van der Waals surface area contributed by atoms with Crippen LogP contribution in [0.1, 0.15) is 128 Å². The molecule has 370 valence electrons. The summed E-state index contributed by atoms with van der Waals surface area (Å²) in [6, 6.07) is 2.54. The highest BCUT2D eigenvalue weighted by Gasteiger charge is 2.58. The normalized spacial score (nSPS) is 31.8. The van der Waals surface area contributed by atoms with Gasteiger partial charge in [-0.25, -0.2) is 9.59 Å². The molecule has 9 atom stereocenters. The predicted molar refractivity (Wildman–Crippen MR) is 257 cm³/mol. The molecule has 4 bridgehead atoms. The van der Waals surface area contributed by atoms with Gasteiger partial charge in [-0.1, -0.05) is 85.0 Å². The van der Waals surface area contributed by atoms with Crippen molar-refractivity contribution in [1.82, 2.24) is 0 Å². The Bertz CT molecular complexity index is 1760. The molecule has 0 radical (unpaired) electrons. The molecular weight excluding hydrogens is 865 g/mol. The molecule has 0 aromatic heterocycles. The van der Waals surface area contributed by atoms with E-state index in [0.29, 0.717) is 18.4 Å². The summed E-state index contributed by atoms with van der Waals surface area (Å²) in [7, 11) is -0.506. The summed E-state index contributed by atoms with van der Waals surface area (Å²) >= 11 is 0. The maximum absolute atomic E-state index is 14.4. The summed E-state index contributed by atoms with van der Waals surface area (Å²) < 4.78 is 50.4. The number of hydrogen-bond donors (Lipinski definition) is 2. The quantitative estimate of drug-likeness (QED) is 0.0504. The lowest BCUT2D eigenvalue weighted by atomic mass is 9.70. The molecule has 0 aliphatic carbocycles. The molecule has 2 unspecified atom stereocenters. The third-order valence-corrected chi connectivity index (χ3v) is 23.7. The first-order valence-corrected chi connectivity index (χ1v) is 29.1. The Kier molecular flexibility index (Phi) is 20.6. The van der Waals surface area contributed by atoms with Crippen molar-refractivity contribution in [2.24, 2.45) is 10.8 Å². The number of carbonyl (C=O) groups excluding carboxylic acids is 3. The lowest BCUT2D eigenvalue weighted by Gasteiger charge is -2.55. The molecule has 2 fully saturated rings. The standard InChI is InChI=1S/C50H84O13Si2/c1-17-65(18-2,19-3)63-40-30-39-31-43(52)49(10,11)50(58-14,61-39)33-41-26-36(28-45(54)57-13)25-38(59-41)21-23-48(8,9)22-20-35(27-44(53)56-12)24-37(51)29-42(60-46(55)32-40)34(4)62-64(15,16)47(5,6)7/h21,23,27-28,34,37-43,51-52H,17-19,24-26,29-33H2,1-16H3/b23-21+,35-27-,36-28+/t34-,37+,38+,39-,40?,41+,42?,43+,50+/m1/s1. The van der Waals surface area contributed by atoms with Gasteiger partial charge in [0.05, 0.1) is 63.4 Å². The molecule has 15 heteroatoms. The van der Waals surface area contributed by atoms with Crippen LogP contribution in [0.4, 0.5) is 0 Å². The molecule has 3 rings (SSSR count). The highest BCUT2D eigenvalue weighted by atomic mass is 28.4. The summed E-state index contributed by atoms with van der Waals surface area (Å²) in [6.07, 6.45) is 2.60. The Balaban J connectivity index is 2.26. The van der Waals surface area contributed by atoms with Crippen molar-refractivity contribution in [3.05, 3.63) is 35.5 Å². The van der Waals surface area contributed by atoms with E-state index in [4.69, 9.17) is 37.3 Å². The van der Waals surface area contributed by atoms with E-state index >= 15 is 0 Å². The van der Waals surface area contributed by atoms with E-state index in [1.807, 2.05) is 46.8 Å². The number of aliphatic hydroxyl groups excluding tert-OH is 2. The second-order valence-corrected chi connectivity index (χ2v) is 30.5. The molecule has 0 amide bonds. The monoisotopic (exact) mass is 949 g/mol. The van der Waals surface area contributed by atoms with Crippen molar-refractivity contribution >= 4 is 34.5 Å². The zero-order valence-corrected chi connectivity index (χ0v) is 44.6. The molecule has 13 nitrogen and oxygen atoms in total. The molecule has 0 spiro atoms. The van der Waals surface area contributed by atoms with Crippen LogP contribution in [0.15, 0.2) is 35.5 Å². The summed E-state index contributed by atoms with van der Waals surface area (Å²) in [6.45, 7) is 26.6. The SMILES string of the molecule is CC[Si](CC)(CC)OC1CC(=O)OC([C@@H](C)O[Si](C)(C)C(C)(C)C)C[C@@H](O)C/C(=C\C(=O)OC)C#CC(C)(C)/C=C/[C@H]2C/C(=C\C(=O)OC)C[C@@H](C[C@]3(OC)O[C@H](C1)C[C@H](O)C3(C)C)O2. The van der Waals surface area contributed by atoms with Crippen LogP contribution in [0.25, 0.3) is 0 Å². The van der Waals surface area contributed by atoms with Gasteiger partial charge >= 0.3 is 17.9 Å². The molecule has 2 saturated heterocycles. The van der Waals surface area contributed by atoms with E-state index in [1.165, 1.54) is 26.4 Å². The minimum Gasteiger partial charge on any atom is -0.466 e. The molecule has 3 heterocycles. The Morgan fingerprint density at radius 1 is 0.908 bits per heavy atom. The van der Waals surface area contributed by atoms with Crippen molar-refractivity contribution in [2.75, 3.05) is 21.3 Å². The van der Waals surface area contributed by atoms with E-state index < -0.39 is 100.0 Å². The molecule has 2 N–H and O–H groups in total. The largest absolute Gasteiger partial charge is 0.466 e. The van der Waals surface area contributed by atoms with Gasteiger partial charge in [0.2, 0.25) is 0 Å². The third-order valence-electron chi connectivity index (χ3n) is 14.4. The van der Waals surface area contributed by atoms with Crippen molar-refractivity contribution in [2.45, 2.75) is 218 Å². The Labute approximate surface area is 393 Å². The number of cyclic esters (lactones) is 1. The number of hydrogen-bond acceptors (Lipinski definition) is 13. The summed E-state index contributed by atoms with van der Waals surface area (Å²) in [5.41, 5.74) is -0.474. The first-order chi connectivity index (χ1) is 30.1. The van der Waals surface area contributed by atoms with Gasteiger partial charge in [-0.15, -0.1) is 0 Å². The van der Waals surface area contributed by atoms with E-state index in [9.17, 15) is 24.6 Å². The fourth-order valence-corrected chi connectivity index (χ4v) is 13.2. The van der Waals surface area contributed by atoms with Crippen LogP contribution >= 0.6 is 0 Å². The summed E-state index contributed by atoms with van der Waals surface area (Å²) in [4.78, 5) is 39.6. The highest BCUT2D eigenvalue weighted by Crippen LogP contribution is 2.50. The fraction of sp³-hybridized carbons (Fsp3) is 0.780. The van der Waals surface area contributed by atoms with Gasteiger partial charge in [0, 0.05) is 61.3 Å². The van der Waals surface area contributed by atoms with E-state index in [-0.39, 0.29) is 43.6 Å². The van der Waals surface area contributed by atoms with E-state index in [2.05, 4.69) is 66.5 Å². The number of esters is 3. The Morgan fingerprint density at radius 2 is 1.52 bits per heavy atom. The van der Waals surface area contributed by atoms with Crippen LogP contribution < -0.4 is 0 Å². The van der Waals surface area contributed by atoms with Gasteiger partial charge in [-0.2, -0.15) is 0 Å². The maximum Gasteiger partial charge on any atom is 0.331 e. The topological polar surface area (TPSA) is 166 Å². The van der Waals surface area contributed by atoms with Crippen LogP contribution in [0.3, 0.4) is 0 Å². The second-order valence-electron chi connectivity index (χ2n) is 21.1. The zero-order chi connectivity index (χ0) is 49.2. The lowest BCUT2D eigenvalue weighted by molar-refractivity contribution is -0.357. The molecule has 0 saturated carbocycles. The highest BCUT2D eigenvalue weighted by molar-refractivity contribution is 6.74. The van der Waals surface area contributed by atoms with Crippen molar-refractivity contribution in [3.63, 3.8) is 0 Å². The van der Waals surface area contributed by atoms with Crippen LogP contribution in [0.2, 0.25) is 36.3 Å². The van der Waals surface area contributed by atoms with Gasteiger partial charge in [0.25, 0.3) is 0 Å². The number of ether oxygens (including phenoxy) is 6. The van der Waals surface area contributed by atoms with Crippen molar-refractivity contribution < 1.29 is 61.9 Å². The second kappa shape index (κ2) is 23.6. The number of fused-ring (bicyclic) bond motifs is 4. The number of rotatable bonds is 11. The van der Waals surface area contributed by atoms with Crippen molar-refractivity contribution in [1.29, 1.82) is 0 Å². The lowest BCUT2D eigenvalue weighted by Crippen LogP contribution is -2.62. The van der Waals surface area contributed by atoms with Gasteiger partial charge < -0.3 is 47.5 Å². The van der Waals surface area contributed by atoms with Crippen LogP contribution in [0, 0.1) is 22.7 Å². The third kappa shape index (κ3) is 15.7. The predicted octanol–water partition coefficient (Wildman–Crippen LogP) is 8.87. The van der Waals surface area contributed by atoms with Gasteiger partial charge in [-0.3, -0.25) is 4.79 Å². The molecule has 0 aromatic rings. The minimum absolute atomic E-state index is 0.0130. The first-order valence-electron chi connectivity index (χ1n) is 23.7. The number of carbonyl (C=O) groups is 3. The first kappa shape index (κ1) is 56.7. The van der Waals surface area contributed by atoms with Gasteiger partial charge in [-0.05, 0) is 76.3 Å². The van der Waals surface area contributed by atoms with Crippen LogP contribution in [-0.2, 0) is 51.7 Å². The van der Waals surface area contributed by atoms with Crippen LogP contribution in [0.5, 0.6) is 0 Å². The van der Waals surface area contributed by atoms with E-state index in [1.54, 1.807) is 7.11 Å². The zero-order valence-electron chi connectivity index (χ0n) is 42.6. The van der Waals surface area contributed by atoms with Crippen LogP contribution in [-0.4, -0.2) is 121 Å². The number of methoxy groups -OCH3 is 3. The average Bonchev–Trinajstić information content (AvgIpc) is 3.21. The Morgan fingerprint density at radius 3 is 2.09 bits per heavy atom. The summed E-state index contributed by atoms with van der Waals surface area (Å²) in [5.74, 6) is 3.45. The maximum atomic E-state index is 14.4. The number of aliphatic hydroxyl groups is 2. The molecule has 0 aromatic carbocycles. The summed E-state index contributed by atoms with van der Waals surface area (Å²) in [5, 5.41) is 23.6. The fourth-order valence-electron chi connectivity index (χ4n) is 8.83. The molecule has 3 aliphatic rings. The van der Waals surface area contributed by atoms with E-state index in [0.717, 1.165) is 23.7 Å². The smallest absolute Gasteiger partial charge is 0.331 e. The van der Waals surface area contributed by atoms with Crippen molar-refractivity contribution in [3.8, 4) is 11.8 Å². The van der Waals surface area contributed by atoms with Gasteiger partial charge in [0.15, 0.2) is 22.4 Å². The Hall–Kier alpha value is -2.66. The molecular formula is C50H84O13Si2. The molecule has 65 heavy (non-hydrogen) atoms.